The lowest BCUT2D eigenvalue weighted by Gasteiger charge is -2.16. The van der Waals surface area contributed by atoms with E-state index >= 15 is 0 Å². The topological polar surface area (TPSA) is 21.3 Å². The van der Waals surface area contributed by atoms with Gasteiger partial charge in [0.1, 0.15) is 11.5 Å². The van der Waals surface area contributed by atoms with Crippen LogP contribution in [0.1, 0.15) is 18.9 Å². The molecule has 1 atom stereocenters. The molecule has 2 aromatic rings. The number of para-hydroxylation sites is 1. The first-order valence-electron chi connectivity index (χ1n) is 7.36. The van der Waals surface area contributed by atoms with Crippen LogP contribution in [0.25, 0.3) is 0 Å². The van der Waals surface area contributed by atoms with Crippen LogP contribution < -0.4 is 10.1 Å². The summed E-state index contributed by atoms with van der Waals surface area (Å²) in [7, 11) is 0. The van der Waals surface area contributed by atoms with Crippen LogP contribution in [0.15, 0.2) is 54.6 Å². The predicted octanol–water partition coefficient (Wildman–Crippen LogP) is 4.71. The van der Waals surface area contributed by atoms with Crippen LogP contribution in [-0.4, -0.2) is 18.1 Å². The Kier molecular flexibility index (Phi) is 6.64. The Balaban J connectivity index is 1.94. The highest BCUT2D eigenvalue weighted by atomic mass is 32.2. The Morgan fingerprint density at radius 1 is 1.05 bits per heavy atom. The van der Waals surface area contributed by atoms with Gasteiger partial charge in [-0.2, -0.15) is 11.8 Å². The van der Waals surface area contributed by atoms with E-state index in [2.05, 4.69) is 30.6 Å². The van der Waals surface area contributed by atoms with Crippen molar-refractivity contribution in [2.24, 2.45) is 0 Å². The zero-order chi connectivity index (χ0) is 14.9. The number of rotatable bonds is 8. The van der Waals surface area contributed by atoms with Crippen LogP contribution >= 0.6 is 11.8 Å². The van der Waals surface area contributed by atoms with Crippen LogP contribution in [0.4, 0.5) is 0 Å². The van der Waals surface area contributed by atoms with Crippen LogP contribution in [0.5, 0.6) is 11.5 Å². The molecule has 0 fully saturated rings. The lowest BCUT2D eigenvalue weighted by atomic mass is 10.2. The fourth-order valence-corrected chi connectivity index (χ4v) is 2.88. The number of hydrogen-bond acceptors (Lipinski definition) is 3. The molecule has 2 aromatic carbocycles. The fourth-order valence-electron chi connectivity index (χ4n) is 2.13. The van der Waals surface area contributed by atoms with Crippen molar-refractivity contribution in [2.75, 3.05) is 12.0 Å². The molecule has 0 aliphatic rings. The molecule has 112 valence electrons. The van der Waals surface area contributed by atoms with Gasteiger partial charge in [-0.15, -0.1) is 0 Å². The molecule has 2 rings (SSSR count). The van der Waals surface area contributed by atoms with Crippen molar-refractivity contribution in [2.45, 2.75) is 25.9 Å². The number of thioether (sulfide) groups is 1. The van der Waals surface area contributed by atoms with E-state index in [1.807, 2.05) is 54.2 Å². The quantitative estimate of drug-likeness (QED) is 0.763. The maximum Gasteiger partial charge on any atom is 0.127 e. The molecule has 1 unspecified atom stereocenters. The molecule has 0 aliphatic carbocycles. The molecule has 1 N–H and O–H groups in total. The van der Waals surface area contributed by atoms with Gasteiger partial charge in [-0.1, -0.05) is 37.3 Å². The van der Waals surface area contributed by atoms with E-state index in [1.54, 1.807) is 0 Å². The van der Waals surface area contributed by atoms with Gasteiger partial charge in [0, 0.05) is 18.3 Å². The van der Waals surface area contributed by atoms with E-state index in [4.69, 9.17) is 4.74 Å². The van der Waals surface area contributed by atoms with Crippen molar-refractivity contribution in [3.8, 4) is 11.5 Å². The van der Waals surface area contributed by atoms with Crippen molar-refractivity contribution in [3.05, 3.63) is 60.2 Å². The van der Waals surface area contributed by atoms with E-state index in [-0.39, 0.29) is 0 Å². The van der Waals surface area contributed by atoms with Crippen molar-refractivity contribution in [3.63, 3.8) is 0 Å². The van der Waals surface area contributed by atoms with Crippen molar-refractivity contribution >= 4 is 11.8 Å². The lowest BCUT2D eigenvalue weighted by Crippen LogP contribution is -2.30. The molecule has 0 bridgehead atoms. The van der Waals surface area contributed by atoms with Gasteiger partial charge >= 0.3 is 0 Å². The normalized spacial score (nSPS) is 12.1. The third kappa shape index (κ3) is 5.44. The monoisotopic (exact) mass is 301 g/mol. The van der Waals surface area contributed by atoms with Gasteiger partial charge in [0.25, 0.3) is 0 Å². The average Bonchev–Trinajstić information content (AvgIpc) is 2.53. The van der Waals surface area contributed by atoms with Gasteiger partial charge in [-0.25, -0.2) is 0 Å². The minimum absolute atomic E-state index is 0.568. The summed E-state index contributed by atoms with van der Waals surface area (Å²) >= 11 is 1.89. The second-order valence-corrected chi connectivity index (χ2v) is 5.91. The highest BCUT2D eigenvalue weighted by Gasteiger charge is 2.05. The molecule has 2 nitrogen and oxygen atoms in total. The summed E-state index contributed by atoms with van der Waals surface area (Å²) in [5.74, 6) is 2.91. The van der Waals surface area contributed by atoms with Crippen LogP contribution in [0.3, 0.4) is 0 Å². The van der Waals surface area contributed by atoms with Crippen LogP contribution in [-0.2, 0) is 6.54 Å². The summed E-state index contributed by atoms with van der Waals surface area (Å²) in [6.45, 7) is 3.11. The summed E-state index contributed by atoms with van der Waals surface area (Å²) in [5.41, 5.74) is 1.25. The summed E-state index contributed by atoms with van der Waals surface area (Å²) in [6, 6.07) is 18.7. The molecule has 0 heterocycles. The summed E-state index contributed by atoms with van der Waals surface area (Å²) in [4.78, 5) is 0. The minimum atomic E-state index is 0.568. The third-order valence-corrected chi connectivity index (χ3v) is 4.07. The lowest BCUT2D eigenvalue weighted by molar-refractivity contribution is 0.480. The molecule has 0 saturated heterocycles. The average molecular weight is 301 g/mol. The zero-order valence-corrected chi connectivity index (χ0v) is 13.5. The number of benzene rings is 2. The molecule has 0 amide bonds. The maximum atomic E-state index is 5.87. The number of nitrogens with one attached hydrogen (secondary N) is 1. The molecule has 0 aliphatic heterocycles. The molecule has 0 saturated carbocycles. The van der Waals surface area contributed by atoms with Gasteiger partial charge in [0.05, 0.1) is 0 Å². The minimum Gasteiger partial charge on any atom is -0.457 e. The fraction of sp³-hybridized carbons (Fsp3) is 0.333. The van der Waals surface area contributed by atoms with Gasteiger partial charge in [-0.05, 0) is 42.5 Å². The standard InChI is InChI=1S/C18H23NOS/c1-3-16(14-21-2)19-13-15-8-7-11-18(12-15)20-17-9-5-4-6-10-17/h4-12,16,19H,3,13-14H2,1-2H3. The van der Waals surface area contributed by atoms with Gasteiger partial charge in [-0.3, -0.25) is 0 Å². The largest absolute Gasteiger partial charge is 0.457 e. The smallest absolute Gasteiger partial charge is 0.127 e. The van der Waals surface area contributed by atoms with Gasteiger partial charge in [0.2, 0.25) is 0 Å². The van der Waals surface area contributed by atoms with Crippen molar-refractivity contribution in [1.82, 2.24) is 5.32 Å². The first-order valence-corrected chi connectivity index (χ1v) is 8.75. The molecule has 21 heavy (non-hydrogen) atoms. The molecule has 3 heteroatoms. The Bertz CT molecular complexity index is 530. The highest BCUT2D eigenvalue weighted by molar-refractivity contribution is 7.98. The first kappa shape index (κ1) is 15.9. The summed E-state index contributed by atoms with van der Waals surface area (Å²) < 4.78 is 5.87. The van der Waals surface area contributed by atoms with Crippen LogP contribution in [0, 0.1) is 0 Å². The highest BCUT2D eigenvalue weighted by Crippen LogP contribution is 2.21. The summed E-state index contributed by atoms with van der Waals surface area (Å²) in [6.07, 6.45) is 3.31. The van der Waals surface area contributed by atoms with Crippen molar-refractivity contribution < 1.29 is 4.74 Å². The van der Waals surface area contributed by atoms with E-state index in [0.717, 1.165) is 30.2 Å². The molecular formula is C18H23NOS. The SMILES string of the molecule is CCC(CSC)NCc1cccc(Oc2ccccc2)c1. The first-order chi connectivity index (χ1) is 10.3. The Hall–Kier alpha value is -1.45. The van der Waals surface area contributed by atoms with Crippen LogP contribution in [0.2, 0.25) is 0 Å². The zero-order valence-electron chi connectivity index (χ0n) is 12.7. The van der Waals surface area contributed by atoms with E-state index in [1.165, 1.54) is 5.56 Å². The Labute approximate surface area is 131 Å². The second kappa shape index (κ2) is 8.75. The predicted molar refractivity (Wildman–Crippen MR) is 92.3 cm³/mol. The summed E-state index contributed by atoms with van der Waals surface area (Å²) in [5, 5.41) is 3.60. The molecule has 0 radical (unpaired) electrons. The molecule has 0 spiro atoms. The van der Waals surface area contributed by atoms with Gasteiger partial charge < -0.3 is 10.1 Å². The second-order valence-electron chi connectivity index (χ2n) is 5.00. The van der Waals surface area contributed by atoms with E-state index < -0.39 is 0 Å². The van der Waals surface area contributed by atoms with Gasteiger partial charge in [0.15, 0.2) is 0 Å². The molecular weight excluding hydrogens is 278 g/mol. The van der Waals surface area contributed by atoms with Crippen molar-refractivity contribution in [1.29, 1.82) is 0 Å². The Morgan fingerprint density at radius 3 is 2.52 bits per heavy atom. The number of hydrogen-bond donors (Lipinski definition) is 1. The van der Waals surface area contributed by atoms with E-state index in [9.17, 15) is 0 Å². The van der Waals surface area contributed by atoms with E-state index in [0.29, 0.717) is 6.04 Å². The maximum absolute atomic E-state index is 5.87. The Morgan fingerprint density at radius 2 is 1.81 bits per heavy atom. The molecule has 0 aromatic heterocycles. The third-order valence-electron chi connectivity index (χ3n) is 3.33. The number of ether oxygens (including phenoxy) is 1.